The Kier molecular flexibility index (Phi) is 4.65. The molecular formula is C9H17ClN2O2. The van der Waals surface area contributed by atoms with Gasteiger partial charge in [0.15, 0.2) is 0 Å². The van der Waals surface area contributed by atoms with Crippen molar-refractivity contribution in [2.24, 2.45) is 5.92 Å². The zero-order valence-corrected chi connectivity index (χ0v) is 8.94. The van der Waals surface area contributed by atoms with Gasteiger partial charge in [0.25, 0.3) is 0 Å². The zero-order chi connectivity index (χ0) is 9.10. The lowest BCUT2D eigenvalue weighted by Crippen LogP contribution is -2.39. The molecule has 5 heteroatoms. The molecule has 82 valence electrons. The Hall–Kier alpha value is -0.320. The second kappa shape index (κ2) is 5.53. The number of hydrogen-bond donors (Lipinski definition) is 2. The fourth-order valence-corrected chi connectivity index (χ4v) is 1.85. The van der Waals surface area contributed by atoms with E-state index in [1.165, 1.54) is 0 Å². The molecule has 2 fully saturated rings. The van der Waals surface area contributed by atoms with Crippen LogP contribution in [0.15, 0.2) is 0 Å². The van der Waals surface area contributed by atoms with Gasteiger partial charge in [-0.05, 0) is 19.4 Å². The molecule has 1 amide bonds. The topological polar surface area (TPSA) is 50.4 Å². The molecule has 2 saturated heterocycles. The highest BCUT2D eigenvalue weighted by Gasteiger charge is 2.25. The van der Waals surface area contributed by atoms with Gasteiger partial charge in [0.2, 0.25) is 5.91 Å². The van der Waals surface area contributed by atoms with E-state index in [4.69, 9.17) is 4.74 Å². The van der Waals surface area contributed by atoms with Gasteiger partial charge in [-0.25, -0.2) is 0 Å². The lowest BCUT2D eigenvalue weighted by atomic mass is 10.1. The van der Waals surface area contributed by atoms with Gasteiger partial charge in [-0.3, -0.25) is 4.79 Å². The number of ether oxygens (including phenoxy) is 1. The Morgan fingerprint density at radius 1 is 1.43 bits per heavy atom. The molecule has 2 aliphatic rings. The Morgan fingerprint density at radius 2 is 2.29 bits per heavy atom. The molecule has 0 radical (unpaired) electrons. The number of carbonyl (C=O) groups is 1. The fourth-order valence-electron chi connectivity index (χ4n) is 1.85. The van der Waals surface area contributed by atoms with Crippen molar-refractivity contribution in [2.75, 3.05) is 26.3 Å². The van der Waals surface area contributed by atoms with Crippen molar-refractivity contribution in [3.63, 3.8) is 0 Å². The second-order valence-electron chi connectivity index (χ2n) is 3.76. The summed E-state index contributed by atoms with van der Waals surface area (Å²) in [5, 5.41) is 6.20. The summed E-state index contributed by atoms with van der Waals surface area (Å²) < 4.78 is 5.19. The van der Waals surface area contributed by atoms with Crippen molar-refractivity contribution in [3.05, 3.63) is 0 Å². The molecule has 0 aromatic carbocycles. The monoisotopic (exact) mass is 220 g/mol. The van der Waals surface area contributed by atoms with Crippen LogP contribution in [-0.2, 0) is 9.53 Å². The van der Waals surface area contributed by atoms with Crippen LogP contribution in [0.2, 0.25) is 0 Å². The quantitative estimate of drug-likeness (QED) is 0.685. The summed E-state index contributed by atoms with van der Waals surface area (Å²) in [7, 11) is 0. The molecule has 0 aromatic rings. The van der Waals surface area contributed by atoms with Crippen molar-refractivity contribution in [3.8, 4) is 0 Å². The van der Waals surface area contributed by atoms with Crippen molar-refractivity contribution in [1.29, 1.82) is 0 Å². The summed E-state index contributed by atoms with van der Waals surface area (Å²) in [6, 6.07) is 0.257. The average Bonchev–Trinajstić information content (AvgIpc) is 2.74. The van der Waals surface area contributed by atoms with Crippen molar-refractivity contribution in [2.45, 2.75) is 18.9 Å². The van der Waals surface area contributed by atoms with E-state index in [1.807, 2.05) is 0 Å². The summed E-state index contributed by atoms with van der Waals surface area (Å²) in [5.74, 6) is 0.376. The molecule has 0 bridgehead atoms. The van der Waals surface area contributed by atoms with E-state index in [2.05, 4.69) is 10.6 Å². The van der Waals surface area contributed by atoms with Crippen LogP contribution in [0.4, 0.5) is 0 Å². The molecule has 2 unspecified atom stereocenters. The minimum absolute atomic E-state index is 0. The van der Waals surface area contributed by atoms with Crippen LogP contribution in [0.1, 0.15) is 12.8 Å². The molecule has 2 N–H and O–H groups in total. The molecule has 2 aliphatic heterocycles. The summed E-state index contributed by atoms with van der Waals surface area (Å²) in [6.45, 7) is 3.28. The van der Waals surface area contributed by atoms with Crippen LogP contribution in [0.5, 0.6) is 0 Å². The van der Waals surface area contributed by atoms with E-state index >= 15 is 0 Å². The molecule has 2 rings (SSSR count). The standard InChI is InChI=1S/C9H16N2O2.ClH/c12-9(7-1-3-10-5-7)11-8-2-4-13-6-8;/h7-8,10H,1-6H2,(H,11,12);1H. The number of carbonyl (C=O) groups excluding carboxylic acids is 1. The molecule has 0 aromatic heterocycles. The maximum absolute atomic E-state index is 11.6. The van der Waals surface area contributed by atoms with E-state index in [-0.39, 0.29) is 30.3 Å². The molecular weight excluding hydrogens is 204 g/mol. The third-order valence-corrected chi connectivity index (χ3v) is 2.71. The Bertz CT molecular complexity index is 189. The first-order valence-electron chi connectivity index (χ1n) is 4.95. The maximum atomic E-state index is 11.6. The molecule has 2 atom stereocenters. The minimum Gasteiger partial charge on any atom is -0.379 e. The van der Waals surface area contributed by atoms with Gasteiger partial charge in [-0.1, -0.05) is 0 Å². The van der Waals surface area contributed by atoms with E-state index in [9.17, 15) is 4.79 Å². The Balaban J connectivity index is 0.000000980. The zero-order valence-electron chi connectivity index (χ0n) is 8.12. The number of nitrogens with one attached hydrogen (secondary N) is 2. The predicted molar refractivity (Wildman–Crippen MR) is 55.6 cm³/mol. The molecule has 0 spiro atoms. The van der Waals surface area contributed by atoms with Crippen molar-refractivity contribution < 1.29 is 9.53 Å². The maximum Gasteiger partial charge on any atom is 0.224 e. The van der Waals surface area contributed by atoms with E-state index in [0.717, 1.165) is 32.5 Å². The Morgan fingerprint density at radius 3 is 2.86 bits per heavy atom. The highest BCUT2D eigenvalue weighted by atomic mass is 35.5. The van der Waals surface area contributed by atoms with Crippen LogP contribution in [0, 0.1) is 5.92 Å². The van der Waals surface area contributed by atoms with Gasteiger partial charge in [-0.2, -0.15) is 0 Å². The van der Waals surface area contributed by atoms with Crippen molar-refractivity contribution in [1.82, 2.24) is 10.6 Å². The lowest BCUT2D eigenvalue weighted by molar-refractivity contribution is -0.125. The third-order valence-electron chi connectivity index (χ3n) is 2.71. The summed E-state index contributed by atoms with van der Waals surface area (Å²) >= 11 is 0. The van der Waals surface area contributed by atoms with Crippen LogP contribution in [0.25, 0.3) is 0 Å². The highest BCUT2D eigenvalue weighted by Crippen LogP contribution is 2.10. The van der Waals surface area contributed by atoms with Gasteiger partial charge in [0.1, 0.15) is 0 Å². The second-order valence-corrected chi connectivity index (χ2v) is 3.76. The minimum atomic E-state index is 0. The number of rotatable bonds is 2. The van der Waals surface area contributed by atoms with Crippen LogP contribution >= 0.6 is 12.4 Å². The summed E-state index contributed by atoms with van der Waals surface area (Å²) in [6.07, 6.45) is 1.94. The molecule has 0 aliphatic carbocycles. The van der Waals surface area contributed by atoms with Gasteiger partial charge in [0.05, 0.1) is 18.6 Å². The van der Waals surface area contributed by atoms with Gasteiger partial charge >= 0.3 is 0 Å². The number of halogens is 1. The van der Waals surface area contributed by atoms with E-state index < -0.39 is 0 Å². The highest BCUT2D eigenvalue weighted by molar-refractivity contribution is 5.85. The SMILES string of the molecule is Cl.O=C(NC1CCOC1)C1CCNC1. The number of amides is 1. The largest absolute Gasteiger partial charge is 0.379 e. The molecule has 4 nitrogen and oxygen atoms in total. The molecule has 2 heterocycles. The summed E-state index contributed by atoms with van der Waals surface area (Å²) in [5.41, 5.74) is 0. The molecule has 0 saturated carbocycles. The normalized spacial score (nSPS) is 31.1. The smallest absolute Gasteiger partial charge is 0.224 e. The van der Waals surface area contributed by atoms with Crippen LogP contribution in [0.3, 0.4) is 0 Å². The Labute approximate surface area is 90.2 Å². The van der Waals surface area contributed by atoms with Crippen LogP contribution in [-0.4, -0.2) is 38.3 Å². The first kappa shape index (κ1) is 11.8. The van der Waals surface area contributed by atoms with Gasteiger partial charge < -0.3 is 15.4 Å². The predicted octanol–water partition coefficient (Wildman–Crippen LogP) is -0.0772. The fraction of sp³-hybridized carbons (Fsp3) is 0.889. The third kappa shape index (κ3) is 2.83. The molecule has 14 heavy (non-hydrogen) atoms. The van der Waals surface area contributed by atoms with E-state index in [1.54, 1.807) is 0 Å². The van der Waals surface area contributed by atoms with Gasteiger partial charge in [0, 0.05) is 13.2 Å². The first-order chi connectivity index (χ1) is 6.36. The summed E-state index contributed by atoms with van der Waals surface area (Å²) in [4.78, 5) is 11.6. The van der Waals surface area contributed by atoms with Crippen molar-refractivity contribution >= 4 is 18.3 Å². The average molecular weight is 221 g/mol. The number of hydrogen-bond acceptors (Lipinski definition) is 3. The lowest BCUT2D eigenvalue weighted by Gasteiger charge is -2.13. The first-order valence-corrected chi connectivity index (χ1v) is 4.95. The van der Waals surface area contributed by atoms with Gasteiger partial charge in [-0.15, -0.1) is 12.4 Å². The van der Waals surface area contributed by atoms with Crippen LogP contribution < -0.4 is 10.6 Å². The van der Waals surface area contributed by atoms with E-state index in [0.29, 0.717) is 6.61 Å².